The van der Waals surface area contributed by atoms with Gasteiger partial charge in [-0.3, -0.25) is 4.79 Å². The minimum Gasteiger partial charge on any atom is -0.509 e. The number of aliphatic hydroxyl groups is 1. The molecule has 21 heavy (non-hydrogen) atoms. The van der Waals surface area contributed by atoms with Crippen LogP contribution in [-0.4, -0.2) is 40.3 Å². The molecule has 3 rings (SSSR count). The van der Waals surface area contributed by atoms with Crippen molar-refractivity contribution in [3.63, 3.8) is 0 Å². The maximum atomic E-state index is 12.5. The maximum absolute atomic E-state index is 12.5. The number of esters is 1. The van der Waals surface area contributed by atoms with E-state index in [0.717, 1.165) is 5.56 Å². The van der Waals surface area contributed by atoms with Crippen LogP contribution in [0.1, 0.15) is 17.9 Å². The molecule has 0 saturated carbocycles. The summed E-state index contributed by atoms with van der Waals surface area (Å²) in [4.78, 5) is 25.9. The molecule has 0 bridgehead atoms. The summed E-state index contributed by atoms with van der Waals surface area (Å²) in [5.41, 5.74) is 0.763. The van der Waals surface area contributed by atoms with Gasteiger partial charge in [-0.1, -0.05) is 30.3 Å². The van der Waals surface area contributed by atoms with Gasteiger partial charge in [-0.05, 0) is 12.5 Å². The lowest BCUT2D eigenvalue weighted by Gasteiger charge is -2.23. The Kier molecular flexibility index (Phi) is 3.63. The van der Waals surface area contributed by atoms with Crippen LogP contribution in [-0.2, 0) is 14.3 Å². The molecule has 2 atom stereocenters. The predicted molar refractivity (Wildman–Crippen MR) is 78.6 cm³/mol. The molecule has 1 saturated heterocycles. The number of hydrogen-bond acceptors (Lipinski definition) is 5. The summed E-state index contributed by atoms with van der Waals surface area (Å²) in [7, 11) is 0. The Morgan fingerprint density at radius 1 is 1.43 bits per heavy atom. The third-order valence-corrected chi connectivity index (χ3v) is 4.91. The van der Waals surface area contributed by atoms with E-state index in [1.165, 1.54) is 0 Å². The molecule has 2 aliphatic heterocycles. The lowest BCUT2D eigenvalue weighted by Crippen LogP contribution is -2.34. The van der Waals surface area contributed by atoms with Crippen LogP contribution >= 0.6 is 11.8 Å². The van der Waals surface area contributed by atoms with Crippen LogP contribution in [0.15, 0.2) is 41.7 Å². The fraction of sp³-hybridized carbons (Fsp3) is 0.333. The van der Waals surface area contributed by atoms with Gasteiger partial charge in [-0.25, -0.2) is 4.79 Å². The van der Waals surface area contributed by atoms with Crippen LogP contribution in [0.2, 0.25) is 0 Å². The van der Waals surface area contributed by atoms with Gasteiger partial charge >= 0.3 is 5.97 Å². The summed E-state index contributed by atoms with van der Waals surface area (Å²) in [6.07, 6.45) is 0. The zero-order chi connectivity index (χ0) is 15.0. The summed E-state index contributed by atoms with van der Waals surface area (Å²) in [5, 5.41) is 10.0. The van der Waals surface area contributed by atoms with Gasteiger partial charge in [0.25, 0.3) is 5.91 Å². The maximum Gasteiger partial charge on any atom is 0.347 e. The second-order valence-electron chi connectivity index (χ2n) is 4.81. The molecule has 1 aromatic carbocycles. The number of ether oxygens (including phenoxy) is 1. The second kappa shape index (κ2) is 5.44. The lowest BCUT2D eigenvalue weighted by molar-refractivity contribution is -0.141. The molecule has 1 aromatic rings. The van der Waals surface area contributed by atoms with Crippen LogP contribution < -0.4 is 0 Å². The Labute approximate surface area is 126 Å². The van der Waals surface area contributed by atoms with Crippen molar-refractivity contribution in [2.45, 2.75) is 18.3 Å². The average Bonchev–Trinajstić information content (AvgIpc) is 3.02. The summed E-state index contributed by atoms with van der Waals surface area (Å²) in [6, 6.07) is 9.16. The number of thioether (sulfide) groups is 1. The monoisotopic (exact) mass is 305 g/mol. The minimum atomic E-state index is -0.744. The van der Waals surface area contributed by atoms with Gasteiger partial charge in [0.05, 0.1) is 6.61 Å². The van der Waals surface area contributed by atoms with Crippen molar-refractivity contribution < 1.29 is 19.4 Å². The van der Waals surface area contributed by atoms with Crippen LogP contribution in [0.4, 0.5) is 0 Å². The molecule has 1 unspecified atom stereocenters. The van der Waals surface area contributed by atoms with Crippen molar-refractivity contribution in [2.24, 2.45) is 0 Å². The number of fused-ring (bicyclic) bond motifs is 1. The first-order chi connectivity index (χ1) is 10.1. The number of benzene rings is 1. The van der Waals surface area contributed by atoms with E-state index in [1.54, 1.807) is 23.6 Å². The average molecular weight is 305 g/mol. The normalized spacial score (nSPS) is 24.4. The third kappa shape index (κ3) is 2.19. The molecular weight excluding hydrogens is 290 g/mol. The van der Waals surface area contributed by atoms with Crippen LogP contribution in [0, 0.1) is 0 Å². The van der Waals surface area contributed by atoms with Crippen molar-refractivity contribution in [3.05, 3.63) is 47.2 Å². The zero-order valence-electron chi connectivity index (χ0n) is 11.5. The Morgan fingerprint density at radius 3 is 2.81 bits per heavy atom. The number of nitrogens with zero attached hydrogens (tertiary/aromatic N) is 1. The first kappa shape index (κ1) is 14.0. The lowest BCUT2D eigenvalue weighted by atomic mass is 10.2. The first-order valence-corrected chi connectivity index (χ1v) is 7.79. The highest BCUT2D eigenvalue weighted by Gasteiger charge is 2.50. The number of amides is 1. The van der Waals surface area contributed by atoms with Crippen molar-refractivity contribution >= 4 is 23.6 Å². The number of carbonyl (C=O) groups is 2. The Balaban J connectivity index is 1.91. The largest absolute Gasteiger partial charge is 0.509 e. The highest BCUT2D eigenvalue weighted by Crippen LogP contribution is 2.47. The van der Waals surface area contributed by atoms with Crippen molar-refractivity contribution in [3.8, 4) is 0 Å². The Hall–Kier alpha value is -1.95. The van der Waals surface area contributed by atoms with E-state index in [0.29, 0.717) is 5.75 Å². The molecule has 110 valence electrons. The first-order valence-electron chi connectivity index (χ1n) is 6.74. The van der Waals surface area contributed by atoms with Crippen LogP contribution in [0.3, 0.4) is 0 Å². The van der Waals surface area contributed by atoms with E-state index < -0.39 is 17.9 Å². The fourth-order valence-electron chi connectivity index (χ4n) is 2.64. The number of carbonyl (C=O) groups excluding carboxylic acids is 2. The van der Waals surface area contributed by atoms with E-state index in [1.807, 2.05) is 30.3 Å². The van der Waals surface area contributed by atoms with E-state index in [9.17, 15) is 14.7 Å². The summed E-state index contributed by atoms with van der Waals surface area (Å²) >= 11 is 1.58. The van der Waals surface area contributed by atoms with Crippen molar-refractivity contribution in [2.75, 3.05) is 12.4 Å². The van der Waals surface area contributed by atoms with Gasteiger partial charge in [0.1, 0.15) is 17.2 Å². The van der Waals surface area contributed by atoms with E-state index in [-0.39, 0.29) is 23.3 Å². The van der Waals surface area contributed by atoms with E-state index in [2.05, 4.69) is 0 Å². The van der Waals surface area contributed by atoms with Crippen LogP contribution in [0.25, 0.3) is 0 Å². The predicted octanol–water partition coefficient (Wildman–Crippen LogP) is 2.02. The van der Waals surface area contributed by atoms with Gasteiger partial charge in [0, 0.05) is 5.75 Å². The van der Waals surface area contributed by atoms with Crippen molar-refractivity contribution in [1.82, 2.24) is 4.90 Å². The second-order valence-corrected chi connectivity index (χ2v) is 5.92. The molecule has 1 fully saturated rings. The number of hydrogen-bond donors (Lipinski definition) is 1. The molecule has 0 aliphatic carbocycles. The van der Waals surface area contributed by atoms with E-state index >= 15 is 0 Å². The van der Waals surface area contributed by atoms with Gasteiger partial charge in [0.15, 0.2) is 5.57 Å². The smallest absolute Gasteiger partial charge is 0.347 e. The van der Waals surface area contributed by atoms with Crippen LogP contribution in [0.5, 0.6) is 0 Å². The molecule has 1 N–H and O–H groups in total. The zero-order valence-corrected chi connectivity index (χ0v) is 12.3. The molecule has 0 aromatic heterocycles. The Morgan fingerprint density at radius 2 is 2.14 bits per heavy atom. The standard InChI is InChI=1S/C15H15NO4S/c1-2-20-15(19)11-12(17)10-8-21-14(16(10)13(11)18)9-6-4-3-5-7-9/h3-7,10,14,17H,2,8H2,1H3/t10?,14-/m0/s1. The minimum absolute atomic E-state index is 0.163. The van der Waals surface area contributed by atoms with Gasteiger partial charge in [-0.2, -0.15) is 0 Å². The molecule has 5 nitrogen and oxygen atoms in total. The topological polar surface area (TPSA) is 66.8 Å². The van der Waals surface area contributed by atoms with Gasteiger partial charge in [0.2, 0.25) is 0 Å². The third-order valence-electron chi connectivity index (χ3n) is 3.58. The molecule has 2 heterocycles. The quantitative estimate of drug-likeness (QED) is 0.683. The summed E-state index contributed by atoms with van der Waals surface area (Å²) in [5.74, 6) is -0.787. The number of aliphatic hydroxyl groups excluding tert-OH is 1. The summed E-state index contributed by atoms with van der Waals surface area (Å²) in [6.45, 7) is 1.84. The summed E-state index contributed by atoms with van der Waals surface area (Å²) < 4.78 is 4.86. The highest BCUT2D eigenvalue weighted by molar-refractivity contribution is 7.99. The molecule has 2 aliphatic rings. The Bertz CT molecular complexity index is 613. The van der Waals surface area contributed by atoms with E-state index in [4.69, 9.17) is 4.74 Å². The molecule has 0 spiro atoms. The highest BCUT2D eigenvalue weighted by atomic mass is 32.2. The molecule has 0 radical (unpaired) electrons. The van der Waals surface area contributed by atoms with Gasteiger partial charge < -0.3 is 14.7 Å². The van der Waals surface area contributed by atoms with Crippen molar-refractivity contribution in [1.29, 1.82) is 0 Å². The fourth-order valence-corrected chi connectivity index (χ4v) is 4.08. The van der Waals surface area contributed by atoms with Gasteiger partial charge in [-0.15, -0.1) is 11.8 Å². The molecule has 1 amide bonds. The molecular formula is C15H15NO4S. The number of rotatable bonds is 3. The molecule has 6 heteroatoms. The SMILES string of the molecule is CCOC(=O)C1=C(O)C2CS[C@@H](c3ccccc3)N2C1=O.